The lowest BCUT2D eigenvalue weighted by Crippen LogP contribution is -2.30. The molecule has 0 spiro atoms. The third kappa shape index (κ3) is 6.35. The van der Waals surface area contributed by atoms with Gasteiger partial charge in [0, 0.05) is 29.4 Å². The van der Waals surface area contributed by atoms with Crippen molar-refractivity contribution in [3.05, 3.63) is 182 Å². The summed E-state index contributed by atoms with van der Waals surface area (Å²) in [6.07, 6.45) is 0.208. The van der Waals surface area contributed by atoms with E-state index in [-0.39, 0.29) is 6.42 Å². The molecule has 4 nitrogen and oxygen atoms in total. The van der Waals surface area contributed by atoms with E-state index in [1.807, 2.05) is 189 Å². The van der Waals surface area contributed by atoms with Gasteiger partial charge < -0.3 is 8.37 Å². The van der Waals surface area contributed by atoms with Gasteiger partial charge in [0.05, 0.1) is 0 Å². The molecule has 0 aromatic heterocycles. The number of carbonyl (C=O) groups excluding carboxylic acids is 2. The van der Waals surface area contributed by atoms with E-state index in [0.717, 1.165) is 29.4 Å². The molecule has 0 aliphatic rings. The second kappa shape index (κ2) is 14.6. The zero-order chi connectivity index (χ0) is 32.5. The lowest BCUT2D eigenvalue weighted by atomic mass is 10.1. The lowest BCUT2D eigenvalue weighted by Gasteiger charge is -2.42. The Morgan fingerprint density at radius 1 is 0.404 bits per heavy atom. The minimum Gasteiger partial charge on any atom is -0.401 e. The molecule has 0 N–H and O–H groups in total. The fourth-order valence-electron chi connectivity index (χ4n) is 5.57. The summed E-state index contributed by atoms with van der Waals surface area (Å²) in [5, 5.41) is 0. The van der Waals surface area contributed by atoms with Gasteiger partial charge in [-0.05, 0) is 99.8 Å². The van der Waals surface area contributed by atoms with Crippen LogP contribution in [0.1, 0.15) is 13.3 Å². The summed E-state index contributed by atoms with van der Waals surface area (Å²) in [5.41, 5.74) is 0. The van der Waals surface area contributed by atoms with Gasteiger partial charge in [-0.3, -0.25) is 9.59 Å². The molecule has 0 aliphatic carbocycles. The van der Waals surface area contributed by atoms with Crippen LogP contribution in [0.5, 0.6) is 0 Å². The number of hydrogen-bond donors (Lipinski definition) is 0. The zero-order valence-electron chi connectivity index (χ0n) is 26.1. The first-order valence-corrected chi connectivity index (χ1v) is 18.6. The van der Waals surface area contributed by atoms with Crippen molar-refractivity contribution in [1.82, 2.24) is 0 Å². The van der Waals surface area contributed by atoms with Crippen LogP contribution in [0.25, 0.3) is 0 Å². The minimum absolute atomic E-state index is 0.208. The van der Waals surface area contributed by atoms with Crippen molar-refractivity contribution in [2.45, 2.75) is 42.7 Å². The maximum absolute atomic E-state index is 14.6. The molecule has 0 atom stereocenters. The van der Waals surface area contributed by atoms with E-state index in [4.69, 9.17) is 8.37 Å². The number of hydrogen-bond acceptors (Lipinski definition) is 4. The van der Waals surface area contributed by atoms with Gasteiger partial charge in [-0.15, -0.1) is 0 Å². The van der Waals surface area contributed by atoms with Crippen LogP contribution in [0, 0.1) is 5.92 Å². The van der Waals surface area contributed by atoms with Crippen LogP contribution in [0.15, 0.2) is 211 Å². The Morgan fingerprint density at radius 2 is 0.596 bits per heavy atom. The number of carbonyl (C=O) groups is 2. The highest BCUT2D eigenvalue weighted by molar-refractivity contribution is 8.30. The van der Waals surface area contributed by atoms with Crippen molar-refractivity contribution < 1.29 is 18.0 Å². The molecule has 0 unspecified atom stereocenters. The Balaban J connectivity index is 1.46. The highest BCUT2D eigenvalue weighted by Crippen LogP contribution is 2.71. The van der Waals surface area contributed by atoms with Crippen LogP contribution in [0.3, 0.4) is 0 Å². The average Bonchev–Trinajstić information content (AvgIpc) is 3.15. The fraction of sp³-hybridized carbons (Fsp3) is 0.0732. The smallest absolute Gasteiger partial charge is 0.331 e. The predicted octanol–water partition coefficient (Wildman–Crippen LogP) is 10.9. The van der Waals surface area contributed by atoms with E-state index in [0.29, 0.717) is 0 Å². The first kappa shape index (κ1) is 31.9. The normalized spacial score (nSPS) is 12.2. The first-order valence-electron chi connectivity index (χ1n) is 15.5. The molecular weight excluding hydrogens is 621 g/mol. The van der Waals surface area contributed by atoms with Gasteiger partial charge in [-0.2, -0.15) is 0 Å². The molecule has 6 aromatic rings. The average molecular weight is 657 g/mol. The van der Waals surface area contributed by atoms with Crippen LogP contribution >= 0.6 is 20.6 Å². The molecule has 6 rings (SSSR count). The summed E-state index contributed by atoms with van der Waals surface area (Å²) >= 11 is 0. The van der Waals surface area contributed by atoms with Crippen LogP contribution in [0.4, 0.5) is 0 Å². The lowest BCUT2D eigenvalue weighted by molar-refractivity contribution is -0.150. The van der Waals surface area contributed by atoms with Crippen molar-refractivity contribution >= 4 is 32.6 Å². The van der Waals surface area contributed by atoms with E-state index in [1.165, 1.54) is 0 Å². The highest BCUT2D eigenvalue weighted by Gasteiger charge is 2.43. The second-order valence-electron chi connectivity index (χ2n) is 10.8. The molecule has 0 saturated heterocycles. The van der Waals surface area contributed by atoms with E-state index < -0.39 is 38.5 Å². The molecule has 0 saturated carbocycles. The fourth-order valence-corrected chi connectivity index (χ4v) is 11.7. The van der Waals surface area contributed by atoms with E-state index in [1.54, 1.807) is 0 Å². The summed E-state index contributed by atoms with van der Waals surface area (Å²) in [7, 11) is -5.14. The summed E-state index contributed by atoms with van der Waals surface area (Å²) in [6.45, 7) is 1.82. The molecule has 0 amide bonds. The maximum atomic E-state index is 14.6. The summed E-state index contributed by atoms with van der Waals surface area (Å²) in [4.78, 5) is 34.2. The molecule has 6 aromatic carbocycles. The van der Waals surface area contributed by atoms with Crippen LogP contribution in [-0.2, 0) is 18.0 Å². The van der Waals surface area contributed by atoms with Gasteiger partial charge in [0.2, 0.25) is 0 Å². The van der Waals surface area contributed by atoms with E-state index >= 15 is 0 Å². The van der Waals surface area contributed by atoms with Gasteiger partial charge in [-0.1, -0.05) is 116 Å². The molecule has 0 radical (unpaired) electrons. The van der Waals surface area contributed by atoms with Crippen molar-refractivity contribution in [2.24, 2.45) is 5.92 Å². The molecule has 0 aliphatic heterocycles. The minimum atomic E-state index is -2.57. The van der Waals surface area contributed by atoms with Crippen molar-refractivity contribution in [2.75, 3.05) is 0 Å². The Kier molecular flexibility index (Phi) is 9.91. The summed E-state index contributed by atoms with van der Waals surface area (Å²) in [6, 6.07) is 58.8. The van der Waals surface area contributed by atoms with Crippen molar-refractivity contribution in [3.8, 4) is 0 Å². The first-order chi connectivity index (χ1) is 23.1. The summed E-state index contributed by atoms with van der Waals surface area (Å²) in [5.74, 6) is -2.40. The standard InChI is InChI=1S/C41H36O4S2/c1-2-39(40(42)44-46(33-21-9-3-10-22-33,34-23-11-4-12-24-34)35-25-13-5-14-26-35)41(43)45-47(36-27-15-6-16-28-36,37-29-17-7-18-30-37)38-31-19-8-20-32-38/h3-32,39H,2H2,1H3. The number of rotatable bonds is 11. The Labute approximate surface area is 280 Å². The SMILES string of the molecule is CCC(C(=O)OS(c1ccccc1)(c1ccccc1)c1ccccc1)C(=O)OS(c1ccccc1)(c1ccccc1)c1ccccc1. The molecule has 0 fully saturated rings. The van der Waals surface area contributed by atoms with Gasteiger partial charge >= 0.3 is 11.9 Å². The van der Waals surface area contributed by atoms with Crippen LogP contribution in [-0.4, -0.2) is 11.9 Å². The van der Waals surface area contributed by atoms with Crippen LogP contribution in [0.2, 0.25) is 0 Å². The van der Waals surface area contributed by atoms with Crippen LogP contribution < -0.4 is 0 Å². The number of benzene rings is 6. The molecular formula is C41H36O4S2. The van der Waals surface area contributed by atoms with E-state index in [9.17, 15) is 9.59 Å². The molecule has 0 heterocycles. The van der Waals surface area contributed by atoms with Crippen molar-refractivity contribution in [3.63, 3.8) is 0 Å². The second-order valence-corrected chi connectivity index (χ2v) is 16.1. The predicted molar refractivity (Wildman–Crippen MR) is 189 cm³/mol. The van der Waals surface area contributed by atoms with E-state index in [2.05, 4.69) is 0 Å². The monoisotopic (exact) mass is 656 g/mol. The quantitative estimate of drug-likeness (QED) is 0.130. The zero-order valence-corrected chi connectivity index (χ0v) is 27.7. The summed E-state index contributed by atoms with van der Waals surface area (Å²) < 4.78 is 13.5. The Morgan fingerprint density at radius 3 is 0.766 bits per heavy atom. The van der Waals surface area contributed by atoms with Gasteiger partial charge in [-0.25, -0.2) is 0 Å². The third-order valence-corrected chi connectivity index (χ3v) is 14.3. The van der Waals surface area contributed by atoms with Gasteiger partial charge in [0.1, 0.15) is 0 Å². The highest BCUT2D eigenvalue weighted by atomic mass is 32.3. The molecule has 236 valence electrons. The molecule has 0 bridgehead atoms. The van der Waals surface area contributed by atoms with Gasteiger partial charge in [0.25, 0.3) is 0 Å². The Hall–Kier alpha value is -5.04. The Bertz CT molecular complexity index is 1550. The maximum Gasteiger partial charge on any atom is 0.331 e. The third-order valence-electron chi connectivity index (χ3n) is 7.84. The largest absolute Gasteiger partial charge is 0.401 e. The van der Waals surface area contributed by atoms with Crippen molar-refractivity contribution in [1.29, 1.82) is 0 Å². The molecule has 6 heteroatoms. The molecule has 47 heavy (non-hydrogen) atoms. The topological polar surface area (TPSA) is 52.6 Å². The van der Waals surface area contributed by atoms with Gasteiger partial charge in [0.15, 0.2) is 5.92 Å².